The van der Waals surface area contributed by atoms with E-state index in [1.165, 1.54) is 0 Å². The fourth-order valence-corrected chi connectivity index (χ4v) is 3.10. The van der Waals surface area contributed by atoms with Crippen LogP contribution in [0.15, 0.2) is 0 Å². The van der Waals surface area contributed by atoms with Gasteiger partial charge < -0.3 is 19.5 Å². The first-order valence-corrected chi connectivity index (χ1v) is 7.68. The second kappa shape index (κ2) is 6.11. The van der Waals surface area contributed by atoms with E-state index in [-0.39, 0.29) is 5.92 Å². The Morgan fingerprint density at radius 3 is 2.76 bits per heavy atom. The lowest BCUT2D eigenvalue weighted by Crippen LogP contribution is -2.45. The molecule has 2 aliphatic rings. The molecule has 3 heterocycles. The first kappa shape index (κ1) is 14.5. The van der Waals surface area contributed by atoms with Crippen molar-refractivity contribution in [1.82, 2.24) is 24.6 Å². The van der Waals surface area contributed by atoms with Gasteiger partial charge in [0, 0.05) is 52.1 Å². The normalized spacial score (nSPS) is 24.0. The van der Waals surface area contributed by atoms with Crippen molar-refractivity contribution < 1.29 is 9.90 Å². The highest BCUT2D eigenvalue weighted by Gasteiger charge is 2.27. The molecule has 21 heavy (non-hydrogen) atoms. The molecule has 7 nitrogen and oxygen atoms in total. The molecule has 0 saturated carbocycles. The van der Waals surface area contributed by atoms with Crippen molar-refractivity contribution in [2.75, 3.05) is 39.8 Å². The summed E-state index contributed by atoms with van der Waals surface area (Å²) in [5.41, 5.74) is 0. The number of aryl methyl sites for hydroxylation is 1. The van der Waals surface area contributed by atoms with E-state index < -0.39 is 5.97 Å². The number of piperazine rings is 1. The zero-order valence-corrected chi connectivity index (χ0v) is 12.5. The maximum atomic E-state index is 11.2. The molecule has 0 amide bonds. The highest BCUT2D eigenvalue weighted by molar-refractivity contribution is 5.70. The van der Waals surface area contributed by atoms with Gasteiger partial charge in [-0.2, -0.15) is 0 Å². The smallest absolute Gasteiger partial charge is 0.308 e. The summed E-state index contributed by atoms with van der Waals surface area (Å²) >= 11 is 0. The molecule has 1 atom stereocenters. The molecule has 116 valence electrons. The zero-order chi connectivity index (χ0) is 14.8. The van der Waals surface area contributed by atoms with E-state index in [4.69, 9.17) is 0 Å². The molecule has 1 aromatic heterocycles. The van der Waals surface area contributed by atoms with Gasteiger partial charge in [-0.25, -0.2) is 0 Å². The largest absolute Gasteiger partial charge is 0.481 e. The van der Waals surface area contributed by atoms with Gasteiger partial charge in [-0.15, -0.1) is 10.2 Å². The van der Waals surface area contributed by atoms with Crippen LogP contribution in [0.1, 0.15) is 18.1 Å². The molecule has 7 heteroatoms. The lowest BCUT2D eigenvalue weighted by atomic mass is 9.99. The first-order valence-electron chi connectivity index (χ1n) is 7.68. The van der Waals surface area contributed by atoms with Crippen LogP contribution >= 0.6 is 0 Å². The third kappa shape index (κ3) is 3.24. The molecule has 0 spiro atoms. The summed E-state index contributed by atoms with van der Waals surface area (Å²) in [5, 5.41) is 17.7. The Hall–Kier alpha value is -1.47. The average molecular weight is 293 g/mol. The Labute approximate surface area is 124 Å². The van der Waals surface area contributed by atoms with Crippen LogP contribution in [-0.4, -0.2) is 75.4 Å². The molecule has 3 rings (SSSR count). The minimum absolute atomic E-state index is 0.295. The number of carboxylic acid groups (broad SMARTS) is 1. The topological polar surface area (TPSA) is 74.5 Å². The number of aromatic nitrogens is 3. The van der Waals surface area contributed by atoms with E-state index in [1.54, 1.807) is 0 Å². The molecule has 1 N–H and O–H groups in total. The van der Waals surface area contributed by atoms with Crippen molar-refractivity contribution in [3.8, 4) is 0 Å². The molecular weight excluding hydrogens is 270 g/mol. The van der Waals surface area contributed by atoms with Crippen LogP contribution in [-0.2, 0) is 24.2 Å². The summed E-state index contributed by atoms with van der Waals surface area (Å²) in [6.45, 7) is 5.90. The molecule has 0 radical (unpaired) electrons. The first-order chi connectivity index (χ1) is 10.1. The Morgan fingerprint density at radius 2 is 2.05 bits per heavy atom. The van der Waals surface area contributed by atoms with Crippen molar-refractivity contribution >= 4 is 5.97 Å². The van der Waals surface area contributed by atoms with Gasteiger partial charge in [0.1, 0.15) is 11.6 Å². The third-order valence-corrected chi connectivity index (χ3v) is 4.62. The summed E-state index contributed by atoms with van der Waals surface area (Å²) in [7, 11) is 2.15. The van der Waals surface area contributed by atoms with Gasteiger partial charge in [0.25, 0.3) is 0 Å². The number of hydrogen-bond donors (Lipinski definition) is 1. The number of fused-ring (bicyclic) bond motifs is 1. The summed E-state index contributed by atoms with van der Waals surface area (Å²) < 4.78 is 2.03. The van der Waals surface area contributed by atoms with Gasteiger partial charge in [0.05, 0.1) is 5.92 Å². The Bertz CT molecular complexity index is 507. The van der Waals surface area contributed by atoms with Gasteiger partial charge >= 0.3 is 5.97 Å². The minimum atomic E-state index is -0.709. The van der Waals surface area contributed by atoms with Crippen LogP contribution < -0.4 is 0 Å². The number of carboxylic acids is 1. The summed E-state index contributed by atoms with van der Waals surface area (Å²) in [5.74, 6) is 0.881. The fourth-order valence-electron chi connectivity index (χ4n) is 3.10. The van der Waals surface area contributed by atoms with Gasteiger partial charge in [-0.1, -0.05) is 0 Å². The Balaban J connectivity index is 1.60. The van der Waals surface area contributed by atoms with Crippen molar-refractivity contribution in [1.29, 1.82) is 0 Å². The average Bonchev–Trinajstić information content (AvgIpc) is 2.89. The predicted molar refractivity (Wildman–Crippen MR) is 77.1 cm³/mol. The SMILES string of the molecule is CN1CCN(CCc2nnc3n2CC(C(=O)O)CC3)CC1. The zero-order valence-electron chi connectivity index (χ0n) is 12.5. The van der Waals surface area contributed by atoms with E-state index in [2.05, 4.69) is 27.0 Å². The maximum Gasteiger partial charge on any atom is 0.308 e. The molecule has 1 saturated heterocycles. The van der Waals surface area contributed by atoms with Gasteiger partial charge in [-0.3, -0.25) is 4.79 Å². The van der Waals surface area contributed by atoms with E-state index >= 15 is 0 Å². The van der Waals surface area contributed by atoms with Gasteiger partial charge in [0.2, 0.25) is 0 Å². The van der Waals surface area contributed by atoms with Crippen LogP contribution in [0.4, 0.5) is 0 Å². The number of aliphatic carboxylic acids is 1. The van der Waals surface area contributed by atoms with Crippen molar-refractivity contribution in [2.24, 2.45) is 5.92 Å². The van der Waals surface area contributed by atoms with Crippen molar-refractivity contribution in [2.45, 2.75) is 25.8 Å². The molecular formula is C14H23N5O2. The lowest BCUT2D eigenvalue weighted by Gasteiger charge is -2.32. The molecule has 1 aromatic rings. The Morgan fingerprint density at radius 1 is 1.29 bits per heavy atom. The summed E-state index contributed by atoms with van der Waals surface area (Å²) in [6.07, 6.45) is 2.24. The van der Waals surface area contributed by atoms with E-state index in [1.807, 2.05) is 4.57 Å². The monoisotopic (exact) mass is 293 g/mol. The number of rotatable bonds is 4. The fraction of sp³-hybridized carbons (Fsp3) is 0.786. The van der Waals surface area contributed by atoms with Crippen molar-refractivity contribution in [3.05, 3.63) is 11.6 Å². The molecule has 1 fully saturated rings. The van der Waals surface area contributed by atoms with Crippen LogP contribution in [0.5, 0.6) is 0 Å². The molecule has 2 aliphatic heterocycles. The third-order valence-electron chi connectivity index (χ3n) is 4.62. The number of carbonyl (C=O) groups is 1. The second-order valence-corrected chi connectivity index (χ2v) is 6.11. The Kier molecular flexibility index (Phi) is 4.21. The standard InChI is InChI=1S/C14H23N5O2/c1-17-6-8-18(9-7-17)5-4-13-16-15-12-3-2-11(14(20)21)10-19(12)13/h11H,2-10H2,1H3,(H,20,21). The van der Waals surface area contributed by atoms with E-state index in [0.717, 1.165) is 57.2 Å². The summed E-state index contributed by atoms with van der Waals surface area (Å²) in [4.78, 5) is 16.0. The lowest BCUT2D eigenvalue weighted by molar-refractivity contribution is -0.142. The predicted octanol–water partition coefficient (Wildman–Crippen LogP) is -0.285. The van der Waals surface area contributed by atoms with E-state index in [9.17, 15) is 9.90 Å². The molecule has 0 aliphatic carbocycles. The second-order valence-electron chi connectivity index (χ2n) is 6.11. The van der Waals surface area contributed by atoms with Crippen LogP contribution in [0.2, 0.25) is 0 Å². The number of hydrogen-bond acceptors (Lipinski definition) is 5. The summed E-state index contributed by atoms with van der Waals surface area (Å²) in [6, 6.07) is 0. The maximum absolute atomic E-state index is 11.2. The molecule has 0 bridgehead atoms. The number of nitrogens with zero attached hydrogens (tertiary/aromatic N) is 5. The molecule has 0 aromatic carbocycles. The number of likely N-dealkylation sites (N-methyl/N-ethyl adjacent to an activating group) is 1. The van der Waals surface area contributed by atoms with E-state index in [0.29, 0.717) is 13.0 Å². The highest BCUT2D eigenvalue weighted by Crippen LogP contribution is 2.20. The highest BCUT2D eigenvalue weighted by atomic mass is 16.4. The van der Waals surface area contributed by atoms with Gasteiger partial charge in [0.15, 0.2) is 0 Å². The minimum Gasteiger partial charge on any atom is -0.481 e. The van der Waals surface area contributed by atoms with Crippen molar-refractivity contribution in [3.63, 3.8) is 0 Å². The van der Waals surface area contributed by atoms with Crippen LogP contribution in [0.3, 0.4) is 0 Å². The molecule has 1 unspecified atom stereocenters. The van der Waals surface area contributed by atoms with Gasteiger partial charge in [-0.05, 0) is 13.5 Å². The van der Waals surface area contributed by atoms with Crippen LogP contribution in [0, 0.1) is 5.92 Å². The van der Waals surface area contributed by atoms with Crippen LogP contribution in [0.25, 0.3) is 0 Å². The quantitative estimate of drug-likeness (QED) is 0.822.